The maximum absolute atomic E-state index is 11.6. The molecule has 0 aliphatic heterocycles. The topological polar surface area (TPSA) is 70.0 Å². The summed E-state index contributed by atoms with van der Waals surface area (Å²) in [6.45, 7) is 0.550. The highest BCUT2D eigenvalue weighted by atomic mass is 32.2. The molecule has 1 amide bonds. The van der Waals surface area contributed by atoms with Crippen molar-refractivity contribution in [3.05, 3.63) is 35.4 Å². The first-order valence-electron chi connectivity index (χ1n) is 5.67. The molecule has 0 saturated heterocycles. The zero-order chi connectivity index (χ0) is 13.4. The molecule has 1 rings (SSSR count). The van der Waals surface area contributed by atoms with Gasteiger partial charge in [0.25, 0.3) is 0 Å². The van der Waals surface area contributed by atoms with Crippen molar-refractivity contribution in [2.45, 2.75) is 12.8 Å². The second-order valence-electron chi connectivity index (χ2n) is 3.97. The van der Waals surface area contributed by atoms with E-state index in [1.165, 1.54) is 0 Å². The van der Waals surface area contributed by atoms with Crippen molar-refractivity contribution < 1.29 is 9.00 Å². The van der Waals surface area contributed by atoms with E-state index in [9.17, 15) is 9.00 Å². The summed E-state index contributed by atoms with van der Waals surface area (Å²) in [7, 11) is -0.804. The summed E-state index contributed by atoms with van der Waals surface area (Å²) in [5.74, 6) is 0.554. The largest absolute Gasteiger partial charge is 0.356 e. The van der Waals surface area contributed by atoms with Crippen molar-refractivity contribution in [2.24, 2.45) is 0 Å². The van der Waals surface area contributed by atoms with Crippen molar-refractivity contribution >= 4 is 16.7 Å². The van der Waals surface area contributed by atoms with Gasteiger partial charge in [0.1, 0.15) is 0 Å². The lowest BCUT2D eigenvalue weighted by Gasteiger charge is -2.04. The van der Waals surface area contributed by atoms with Gasteiger partial charge in [0.15, 0.2) is 0 Å². The van der Waals surface area contributed by atoms with Gasteiger partial charge in [0.05, 0.1) is 18.1 Å². The Morgan fingerprint density at radius 2 is 2.06 bits per heavy atom. The van der Waals surface area contributed by atoms with Crippen LogP contribution in [0, 0.1) is 11.3 Å². The van der Waals surface area contributed by atoms with Crippen LogP contribution in [0.2, 0.25) is 0 Å². The summed E-state index contributed by atoms with van der Waals surface area (Å²) in [4.78, 5) is 11.6. The highest BCUT2D eigenvalue weighted by molar-refractivity contribution is 7.84. The number of carbonyl (C=O) groups is 1. The Hall–Kier alpha value is -1.67. The molecular weight excluding hydrogens is 248 g/mol. The van der Waals surface area contributed by atoms with Crippen LogP contribution in [-0.2, 0) is 22.0 Å². The fourth-order valence-electron chi connectivity index (χ4n) is 1.45. The summed E-state index contributed by atoms with van der Waals surface area (Å²) in [5.41, 5.74) is 1.47. The molecule has 18 heavy (non-hydrogen) atoms. The number of nitrogens with one attached hydrogen (secondary N) is 1. The molecule has 1 aromatic rings. The fraction of sp³-hybridized carbons (Fsp3) is 0.385. The molecular formula is C13H16N2O2S. The lowest BCUT2D eigenvalue weighted by molar-refractivity contribution is -0.120. The van der Waals surface area contributed by atoms with Gasteiger partial charge in [0, 0.05) is 29.4 Å². The van der Waals surface area contributed by atoms with E-state index in [0.29, 0.717) is 24.3 Å². The van der Waals surface area contributed by atoms with Gasteiger partial charge in [-0.3, -0.25) is 9.00 Å². The normalized spacial score (nSPS) is 11.6. The highest BCUT2D eigenvalue weighted by Gasteiger charge is 2.03. The molecule has 0 heterocycles. The highest BCUT2D eigenvalue weighted by Crippen LogP contribution is 2.03. The average molecular weight is 264 g/mol. The molecule has 0 aliphatic carbocycles. The van der Waals surface area contributed by atoms with Gasteiger partial charge >= 0.3 is 0 Å². The molecule has 96 valence electrons. The number of rotatable bonds is 6. The molecule has 0 aliphatic rings. The van der Waals surface area contributed by atoms with Crippen LogP contribution in [0.4, 0.5) is 0 Å². The van der Waals surface area contributed by atoms with E-state index in [0.717, 1.165) is 12.0 Å². The average Bonchev–Trinajstić information content (AvgIpc) is 2.35. The Labute approximate surface area is 109 Å². The van der Waals surface area contributed by atoms with Crippen LogP contribution in [-0.4, -0.2) is 28.7 Å². The van der Waals surface area contributed by atoms with E-state index in [1.807, 2.05) is 6.07 Å². The van der Waals surface area contributed by atoms with Crippen LogP contribution < -0.4 is 5.32 Å². The van der Waals surface area contributed by atoms with Crippen LogP contribution in [0.1, 0.15) is 17.5 Å². The van der Waals surface area contributed by atoms with E-state index in [1.54, 1.807) is 30.5 Å². The number of nitrogens with zero attached hydrogens (tertiary/aromatic N) is 1. The lowest BCUT2D eigenvalue weighted by Crippen LogP contribution is -2.26. The minimum absolute atomic E-state index is 0.0541. The van der Waals surface area contributed by atoms with Crippen LogP contribution in [0.5, 0.6) is 0 Å². The van der Waals surface area contributed by atoms with Gasteiger partial charge in [-0.25, -0.2) is 0 Å². The molecule has 0 fully saturated rings. The van der Waals surface area contributed by atoms with E-state index < -0.39 is 10.8 Å². The maximum Gasteiger partial charge on any atom is 0.224 e. The third-order valence-corrected chi connectivity index (χ3v) is 3.24. The maximum atomic E-state index is 11.6. The van der Waals surface area contributed by atoms with Crippen LogP contribution >= 0.6 is 0 Å². The monoisotopic (exact) mass is 264 g/mol. The smallest absolute Gasteiger partial charge is 0.224 e. The first-order chi connectivity index (χ1) is 8.61. The van der Waals surface area contributed by atoms with Crippen LogP contribution in [0.15, 0.2) is 24.3 Å². The van der Waals surface area contributed by atoms with Crippen molar-refractivity contribution in [1.82, 2.24) is 5.32 Å². The van der Waals surface area contributed by atoms with E-state index >= 15 is 0 Å². The molecule has 4 nitrogen and oxygen atoms in total. The van der Waals surface area contributed by atoms with E-state index in [-0.39, 0.29) is 5.91 Å². The first kappa shape index (κ1) is 14.4. The number of carbonyl (C=O) groups excluding carboxylic acids is 1. The van der Waals surface area contributed by atoms with Crippen LogP contribution in [0.25, 0.3) is 0 Å². The van der Waals surface area contributed by atoms with Gasteiger partial charge in [-0.05, 0) is 24.1 Å². The minimum atomic E-state index is -0.804. The number of benzene rings is 1. The Kier molecular flexibility index (Phi) is 6.09. The number of hydrogen-bond donors (Lipinski definition) is 1. The quantitative estimate of drug-likeness (QED) is 0.779. The Morgan fingerprint density at radius 1 is 1.39 bits per heavy atom. The summed E-state index contributed by atoms with van der Waals surface area (Å²) in [6.07, 6.45) is 2.68. The van der Waals surface area contributed by atoms with Gasteiger partial charge in [-0.2, -0.15) is 5.26 Å². The number of amides is 1. The van der Waals surface area contributed by atoms with Gasteiger partial charge in [-0.1, -0.05) is 12.1 Å². The molecule has 5 heteroatoms. The lowest BCUT2D eigenvalue weighted by atomic mass is 10.1. The summed E-state index contributed by atoms with van der Waals surface area (Å²) in [6, 6.07) is 8.98. The Balaban J connectivity index is 2.31. The second kappa shape index (κ2) is 7.62. The predicted molar refractivity (Wildman–Crippen MR) is 71.4 cm³/mol. The minimum Gasteiger partial charge on any atom is -0.356 e. The van der Waals surface area contributed by atoms with Crippen molar-refractivity contribution in [3.8, 4) is 6.07 Å². The molecule has 0 spiro atoms. The standard InChI is InChI=1S/C13H16N2O2S/c1-18(17)8-2-7-15-13(16)9-11-3-5-12(10-14)6-4-11/h3-6H,2,7-9H2,1H3,(H,15,16). The zero-order valence-electron chi connectivity index (χ0n) is 10.3. The number of nitriles is 1. The summed E-state index contributed by atoms with van der Waals surface area (Å²) < 4.78 is 10.8. The van der Waals surface area contributed by atoms with Crippen molar-refractivity contribution in [2.75, 3.05) is 18.6 Å². The second-order valence-corrected chi connectivity index (χ2v) is 5.52. The molecule has 0 radical (unpaired) electrons. The fourth-order valence-corrected chi connectivity index (χ4v) is 2.00. The molecule has 1 N–H and O–H groups in total. The van der Waals surface area contributed by atoms with Crippen molar-refractivity contribution in [3.63, 3.8) is 0 Å². The molecule has 0 aromatic heterocycles. The van der Waals surface area contributed by atoms with Crippen LogP contribution in [0.3, 0.4) is 0 Å². The first-order valence-corrected chi connectivity index (χ1v) is 7.40. The molecule has 0 bridgehead atoms. The third-order valence-electron chi connectivity index (χ3n) is 2.38. The molecule has 1 aromatic carbocycles. The molecule has 1 unspecified atom stereocenters. The summed E-state index contributed by atoms with van der Waals surface area (Å²) in [5, 5.41) is 11.4. The molecule has 1 atom stereocenters. The predicted octanol–water partition coefficient (Wildman–Crippen LogP) is 0.986. The van der Waals surface area contributed by atoms with Gasteiger partial charge < -0.3 is 5.32 Å². The SMILES string of the molecule is CS(=O)CCCNC(=O)Cc1ccc(C#N)cc1. The van der Waals surface area contributed by atoms with Gasteiger partial charge in [0.2, 0.25) is 5.91 Å². The molecule has 0 saturated carbocycles. The van der Waals surface area contributed by atoms with E-state index in [2.05, 4.69) is 5.32 Å². The number of hydrogen-bond acceptors (Lipinski definition) is 3. The zero-order valence-corrected chi connectivity index (χ0v) is 11.1. The van der Waals surface area contributed by atoms with E-state index in [4.69, 9.17) is 5.26 Å². The third kappa shape index (κ3) is 5.60. The van der Waals surface area contributed by atoms with Gasteiger partial charge in [-0.15, -0.1) is 0 Å². The Bertz CT molecular complexity index is 463. The van der Waals surface area contributed by atoms with Crippen molar-refractivity contribution in [1.29, 1.82) is 5.26 Å². The summed E-state index contributed by atoms with van der Waals surface area (Å²) >= 11 is 0. The Morgan fingerprint density at radius 3 is 2.61 bits per heavy atom.